The molecule has 5 rings (SSSR count). The number of rotatable bonds is 3. The SMILES string of the molecule is COc1ccc(OC)c([C@H]2[C@@H]3C(=NN2C(C)=O)C2CCN3CC2)c1. The molecule has 6 heteroatoms. The molecule has 0 aliphatic carbocycles. The van der Waals surface area contributed by atoms with Crippen LogP contribution in [0.3, 0.4) is 0 Å². The average molecular weight is 329 g/mol. The van der Waals surface area contributed by atoms with Gasteiger partial charge in [0.15, 0.2) is 0 Å². The minimum Gasteiger partial charge on any atom is -0.497 e. The van der Waals surface area contributed by atoms with Crippen molar-refractivity contribution in [1.29, 1.82) is 0 Å². The average Bonchev–Trinajstić information content (AvgIpc) is 3.05. The first kappa shape index (κ1) is 15.4. The molecule has 0 N–H and O–H groups in total. The fourth-order valence-electron chi connectivity index (χ4n) is 4.36. The molecule has 128 valence electrons. The monoisotopic (exact) mass is 329 g/mol. The lowest BCUT2D eigenvalue weighted by atomic mass is 9.78. The molecule has 6 nitrogen and oxygen atoms in total. The minimum absolute atomic E-state index is 0.0348. The zero-order valence-electron chi connectivity index (χ0n) is 14.4. The highest BCUT2D eigenvalue weighted by Crippen LogP contribution is 2.46. The second kappa shape index (κ2) is 5.77. The van der Waals surface area contributed by atoms with Crippen molar-refractivity contribution in [2.45, 2.75) is 31.8 Å². The number of amides is 1. The van der Waals surface area contributed by atoms with E-state index in [2.05, 4.69) is 4.90 Å². The lowest BCUT2D eigenvalue weighted by Crippen LogP contribution is -2.56. The third-order valence-electron chi connectivity index (χ3n) is 5.51. The van der Waals surface area contributed by atoms with Crippen LogP contribution in [0.1, 0.15) is 31.4 Å². The first-order chi connectivity index (χ1) is 11.6. The molecule has 0 saturated carbocycles. The number of nitrogens with zero attached hydrogens (tertiary/aromatic N) is 3. The largest absolute Gasteiger partial charge is 0.497 e. The molecular weight excluding hydrogens is 306 g/mol. The summed E-state index contributed by atoms with van der Waals surface area (Å²) in [4.78, 5) is 14.8. The number of hydrazone groups is 1. The summed E-state index contributed by atoms with van der Waals surface area (Å²) in [6.07, 6.45) is 2.28. The fraction of sp³-hybridized carbons (Fsp3) is 0.556. The summed E-state index contributed by atoms with van der Waals surface area (Å²) in [5.41, 5.74) is 2.13. The van der Waals surface area contributed by atoms with Crippen molar-refractivity contribution in [3.8, 4) is 11.5 Å². The molecular formula is C18H23N3O3. The van der Waals surface area contributed by atoms with Crippen molar-refractivity contribution in [1.82, 2.24) is 9.91 Å². The number of methoxy groups -OCH3 is 2. The Morgan fingerprint density at radius 2 is 1.92 bits per heavy atom. The summed E-state index contributed by atoms with van der Waals surface area (Å²) in [5, 5.41) is 6.39. The number of ether oxygens (including phenoxy) is 2. The molecule has 0 spiro atoms. The van der Waals surface area contributed by atoms with E-state index in [1.165, 1.54) is 0 Å². The Hall–Kier alpha value is -2.08. The van der Waals surface area contributed by atoms with Crippen molar-refractivity contribution >= 4 is 11.6 Å². The van der Waals surface area contributed by atoms with E-state index in [4.69, 9.17) is 14.6 Å². The van der Waals surface area contributed by atoms with Crippen LogP contribution in [-0.4, -0.2) is 54.9 Å². The van der Waals surface area contributed by atoms with Gasteiger partial charge >= 0.3 is 0 Å². The van der Waals surface area contributed by atoms with Crippen LogP contribution < -0.4 is 9.47 Å². The number of carbonyl (C=O) groups excluding carboxylic acids is 1. The Labute approximate surface area is 142 Å². The number of benzene rings is 1. The van der Waals surface area contributed by atoms with Gasteiger partial charge in [-0.2, -0.15) is 5.10 Å². The van der Waals surface area contributed by atoms with Crippen LogP contribution in [-0.2, 0) is 4.79 Å². The fourth-order valence-corrected chi connectivity index (χ4v) is 4.36. The summed E-state index contributed by atoms with van der Waals surface area (Å²) in [5.74, 6) is 2.00. The van der Waals surface area contributed by atoms with Crippen LogP contribution in [0.4, 0.5) is 0 Å². The van der Waals surface area contributed by atoms with E-state index in [1.807, 2.05) is 18.2 Å². The maximum absolute atomic E-state index is 12.3. The molecule has 4 aliphatic rings. The van der Waals surface area contributed by atoms with Crippen LogP contribution in [0, 0.1) is 5.92 Å². The van der Waals surface area contributed by atoms with E-state index in [1.54, 1.807) is 26.2 Å². The molecule has 4 heterocycles. The van der Waals surface area contributed by atoms with Crippen LogP contribution in [0.15, 0.2) is 23.3 Å². The molecule has 2 atom stereocenters. The molecule has 1 amide bonds. The predicted molar refractivity (Wildman–Crippen MR) is 90.3 cm³/mol. The van der Waals surface area contributed by atoms with Gasteiger partial charge in [-0.05, 0) is 44.1 Å². The molecule has 3 fully saturated rings. The summed E-state index contributed by atoms with van der Waals surface area (Å²) in [7, 11) is 3.31. The highest BCUT2D eigenvalue weighted by atomic mass is 16.5. The normalized spacial score (nSPS) is 30.8. The molecule has 3 saturated heterocycles. The Morgan fingerprint density at radius 3 is 2.54 bits per heavy atom. The van der Waals surface area contributed by atoms with Crippen LogP contribution >= 0.6 is 0 Å². The Balaban J connectivity index is 1.82. The Bertz CT molecular complexity index is 695. The van der Waals surface area contributed by atoms with Gasteiger partial charge in [0.05, 0.1) is 26.0 Å². The molecule has 0 aromatic heterocycles. The number of piperidine rings is 3. The topological polar surface area (TPSA) is 54.4 Å². The molecule has 2 bridgehead atoms. The van der Waals surface area contributed by atoms with Crippen LogP contribution in [0.5, 0.6) is 11.5 Å². The number of hydrogen-bond acceptors (Lipinski definition) is 5. The van der Waals surface area contributed by atoms with Gasteiger partial charge in [-0.1, -0.05) is 0 Å². The van der Waals surface area contributed by atoms with Crippen molar-refractivity contribution < 1.29 is 14.3 Å². The maximum atomic E-state index is 12.3. The van der Waals surface area contributed by atoms with Gasteiger partial charge in [-0.25, -0.2) is 5.01 Å². The predicted octanol–water partition coefficient (Wildman–Crippen LogP) is 2.06. The van der Waals surface area contributed by atoms with E-state index >= 15 is 0 Å². The van der Waals surface area contributed by atoms with Gasteiger partial charge in [-0.15, -0.1) is 0 Å². The van der Waals surface area contributed by atoms with Crippen molar-refractivity contribution in [3.05, 3.63) is 23.8 Å². The number of fused-ring (bicyclic) bond motifs is 2. The highest BCUT2D eigenvalue weighted by molar-refractivity contribution is 5.97. The minimum atomic E-state index is -0.148. The number of carbonyl (C=O) groups is 1. The van der Waals surface area contributed by atoms with Crippen molar-refractivity contribution in [2.75, 3.05) is 27.3 Å². The van der Waals surface area contributed by atoms with Gasteiger partial charge in [-0.3, -0.25) is 9.69 Å². The second-order valence-corrected chi connectivity index (χ2v) is 6.70. The van der Waals surface area contributed by atoms with Crippen LogP contribution in [0.2, 0.25) is 0 Å². The molecule has 0 radical (unpaired) electrons. The smallest absolute Gasteiger partial charge is 0.240 e. The molecule has 0 unspecified atom stereocenters. The van der Waals surface area contributed by atoms with E-state index in [9.17, 15) is 4.79 Å². The van der Waals surface area contributed by atoms with Gasteiger partial charge < -0.3 is 9.47 Å². The van der Waals surface area contributed by atoms with E-state index in [0.29, 0.717) is 5.92 Å². The van der Waals surface area contributed by atoms with Crippen molar-refractivity contribution in [2.24, 2.45) is 11.0 Å². The first-order valence-electron chi connectivity index (χ1n) is 8.48. The lowest BCUT2D eigenvalue weighted by Gasteiger charge is -2.46. The van der Waals surface area contributed by atoms with E-state index in [-0.39, 0.29) is 18.0 Å². The standard InChI is InChI=1S/C18H23N3O3/c1-11(22)21-17(14-10-13(23-2)4-5-15(14)24-3)18-16(19-21)12-6-8-20(18)9-7-12/h4-5,10,12,17-18H,6-9H2,1-3H3/t17-,18-/m0/s1. The Kier molecular flexibility index (Phi) is 3.72. The summed E-state index contributed by atoms with van der Waals surface area (Å²) in [6, 6.07) is 5.76. The summed E-state index contributed by atoms with van der Waals surface area (Å²) in [6.45, 7) is 3.73. The molecule has 24 heavy (non-hydrogen) atoms. The molecule has 1 aromatic rings. The van der Waals surface area contributed by atoms with Gasteiger partial charge in [0.1, 0.15) is 17.5 Å². The van der Waals surface area contributed by atoms with Gasteiger partial charge in [0, 0.05) is 18.4 Å². The first-order valence-corrected chi connectivity index (χ1v) is 8.48. The maximum Gasteiger partial charge on any atom is 0.240 e. The number of hydrogen-bond donors (Lipinski definition) is 0. The zero-order chi connectivity index (χ0) is 16.8. The molecule has 4 aliphatic heterocycles. The van der Waals surface area contributed by atoms with Gasteiger partial charge in [0.25, 0.3) is 0 Å². The summed E-state index contributed by atoms with van der Waals surface area (Å²) >= 11 is 0. The van der Waals surface area contributed by atoms with Crippen molar-refractivity contribution in [3.63, 3.8) is 0 Å². The zero-order valence-corrected chi connectivity index (χ0v) is 14.4. The van der Waals surface area contributed by atoms with Gasteiger partial charge in [0.2, 0.25) is 5.91 Å². The summed E-state index contributed by atoms with van der Waals surface area (Å²) < 4.78 is 11.0. The molecule has 1 aromatic carbocycles. The third kappa shape index (κ3) is 2.20. The quantitative estimate of drug-likeness (QED) is 0.852. The highest BCUT2D eigenvalue weighted by Gasteiger charge is 2.51. The van der Waals surface area contributed by atoms with E-state index in [0.717, 1.165) is 48.7 Å². The Morgan fingerprint density at radius 1 is 1.17 bits per heavy atom. The van der Waals surface area contributed by atoms with Crippen LogP contribution in [0.25, 0.3) is 0 Å². The lowest BCUT2D eigenvalue weighted by molar-refractivity contribution is -0.131. The van der Waals surface area contributed by atoms with E-state index < -0.39 is 0 Å². The second-order valence-electron chi connectivity index (χ2n) is 6.70. The third-order valence-corrected chi connectivity index (χ3v) is 5.51.